The van der Waals surface area contributed by atoms with Crippen LogP contribution in [0, 0.1) is 0 Å². The number of carbonyl (C=O) groups excluding carboxylic acids is 2. The van der Waals surface area contributed by atoms with Gasteiger partial charge >= 0.3 is 0 Å². The molecule has 0 radical (unpaired) electrons. The number of aryl methyl sites for hydroxylation is 1. The molecule has 2 amide bonds. The van der Waals surface area contributed by atoms with Crippen LogP contribution in [0.2, 0.25) is 0 Å². The summed E-state index contributed by atoms with van der Waals surface area (Å²) in [7, 11) is 0. The predicted octanol–water partition coefficient (Wildman–Crippen LogP) is 2.47. The normalized spacial score (nSPS) is 28.5. The minimum absolute atomic E-state index is 0.0884. The van der Waals surface area contributed by atoms with Gasteiger partial charge < -0.3 is 19.4 Å². The van der Waals surface area contributed by atoms with Crippen molar-refractivity contribution in [3.63, 3.8) is 0 Å². The van der Waals surface area contributed by atoms with E-state index < -0.39 is 5.54 Å². The summed E-state index contributed by atoms with van der Waals surface area (Å²) in [6.07, 6.45) is 7.60. The first-order valence-corrected chi connectivity index (χ1v) is 12.2. The molecule has 6 nitrogen and oxygen atoms in total. The van der Waals surface area contributed by atoms with Crippen molar-refractivity contribution in [2.45, 2.75) is 69.1 Å². The Bertz CT molecular complexity index is 784. The van der Waals surface area contributed by atoms with Crippen LogP contribution in [0.25, 0.3) is 0 Å². The van der Waals surface area contributed by atoms with E-state index in [-0.39, 0.29) is 24.0 Å². The van der Waals surface area contributed by atoms with Crippen LogP contribution >= 0.6 is 0 Å². The zero-order valence-electron chi connectivity index (χ0n) is 18.5. The van der Waals surface area contributed by atoms with Crippen molar-refractivity contribution in [1.29, 1.82) is 0 Å². The van der Waals surface area contributed by atoms with E-state index in [1.165, 1.54) is 5.56 Å². The number of hydrogen-bond acceptors (Lipinski definition) is 4. The highest BCUT2D eigenvalue weighted by Gasteiger charge is 2.58. The summed E-state index contributed by atoms with van der Waals surface area (Å²) in [5.41, 5.74) is 0.728. The first-order valence-electron chi connectivity index (χ1n) is 12.2. The minimum Gasteiger partial charge on any atom is -0.376 e. The lowest BCUT2D eigenvalue weighted by atomic mass is 9.80. The van der Waals surface area contributed by atoms with Crippen LogP contribution in [0.1, 0.15) is 50.5 Å². The fourth-order valence-electron chi connectivity index (χ4n) is 6.08. The third kappa shape index (κ3) is 4.00. The molecule has 0 N–H and O–H groups in total. The van der Waals surface area contributed by atoms with Gasteiger partial charge in [-0.2, -0.15) is 0 Å². The highest BCUT2D eigenvalue weighted by Crippen LogP contribution is 2.40. The third-order valence-corrected chi connectivity index (χ3v) is 7.86. The Morgan fingerprint density at radius 3 is 2.55 bits per heavy atom. The van der Waals surface area contributed by atoms with Gasteiger partial charge in [0, 0.05) is 32.8 Å². The number of piperidine rings is 1. The number of amides is 2. The molecule has 168 valence electrons. The van der Waals surface area contributed by atoms with Gasteiger partial charge in [0.1, 0.15) is 11.6 Å². The van der Waals surface area contributed by atoms with Crippen molar-refractivity contribution < 1.29 is 14.3 Å². The highest BCUT2D eigenvalue weighted by atomic mass is 16.5. The van der Waals surface area contributed by atoms with Crippen molar-refractivity contribution in [2.75, 3.05) is 39.3 Å². The molecule has 0 aliphatic carbocycles. The molecule has 1 spiro atoms. The quantitative estimate of drug-likeness (QED) is 0.703. The summed E-state index contributed by atoms with van der Waals surface area (Å²) in [4.78, 5) is 33.5. The zero-order valence-corrected chi connectivity index (χ0v) is 18.5. The van der Waals surface area contributed by atoms with E-state index in [2.05, 4.69) is 35.2 Å². The van der Waals surface area contributed by atoms with E-state index in [0.29, 0.717) is 6.54 Å². The van der Waals surface area contributed by atoms with Gasteiger partial charge in [-0.3, -0.25) is 9.59 Å². The molecule has 4 aliphatic heterocycles. The lowest BCUT2D eigenvalue weighted by molar-refractivity contribution is -0.174. The average molecular weight is 426 g/mol. The fourth-order valence-corrected chi connectivity index (χ4v) is 6.08. The number of piperazine rings is 1. The predicted molar refractivity (Wildman–Crippen MR) is 119 cm³/mol. The Morgan fingerprint density at radius 1 is 1.00 bits per heavy atom. The van der Waals surface area contributed by atoms with Crippen LogP contribution in [-0.4, -0.2) is 83.5 Å². The molecule has 0 aromatic heterocycles. The standard InChI is InChI=1S/C25H35N3O3/c29-23-22-11-5-15-27(22)24(30)25(28(23)19-21-10-6-18-31-21)12-16-26(17-13-25)14-4-9-20-7-2-1-3-8-20/h1-3,7-8,21-22H,4-6,9-19H2. The second-order valence-corrected chi connectivity index (χ2v) is 9.70. The van der Waals surface area contributed by atoms with Crippen molar-refractivity contribution in [2.24, 2.45) is 0 Å². The summed E-state index contributed by atoms with van der Waals surface area (Å²) >= 11 is 0. The van der Waals surface area contributed by atoms with Crippen LogP contribution < -0.4 is 0 Å². The van der Waals surface area contributed by atoms with Crippen molar-refractivity contribution in [3.8, 4) is 0 Å². The topological polar surface area (TPSA) is 53.1 Å². The van der Waals surface area contributed by atoms with E-state index in [1.807, 2.05) is 9.80 Å². The molecule has 6 heteroatoms. The lowest BCUT2D eigenvalue weighted by Crippen LogP contribution is -2.73. The van der Waals surface area contributed by atoms with Gasteiger partial charge in [0.15, 0.2) is 0 Å². The maximum atomic E-state index is 13.7. The summed E-state index contributed by atoms with van der Waals surface area (Å²) in [6.45, 7) is 4.92. The number of rotatable bonds is 6. The molecular formula is C25H35N3O3. The number of ether oxygens (including phenoxy) is 1. The smallest absolute Gasteiger partial charge is 0.249 e. The highest BCUT2D eigenvalue weighted by molar-refractivity contribution is 6.00. The van der Waals surface area contributed by atoms with Crippen LogP contribution in [0.15, 0.2) is 30.3 Å². The number of benzene rings is 1. The van der Waals surface area contributed by atoms with Crippen LogP contribution in [0.3, 0.4) is 0 Å². The van der Waals surface area contributed by atoms with E-state index >= 15 is 0 Å². The maximum absolute atomic E-state index is 13.7. The number of likely N-dealkylation sites (tertiary alicyclic amines) is 1. The summed E-state index contributed by atoms with van der Waals surface area (Å²) in [6, 6.07) is 10.4. The minimum atomic E-state index is -0.653. The molecule has 2 atom stereocenters. The Hall–Kier alpha value is -1.92. The second kappa shape index (κ2) is 8.91. The monoisotopic (exact) mass is 425 g/mol. The Balaban J connectivity index is 1.25. The summed E-state index contributed by atoms with van der Waals surface area (Å²) in [5, 5.41) is 0. The maximum Gasteiger partial charge on any atom is 0.249 e. The van der Waals surface area contributed by atoms with Crippen LogP contribution in [0.5, 0.6) is 0 Å². The number of nitrogens with zero attached hydrogens (tertiary/aromatic N) is 3. The molecule has 0 saturated carbocycles. The Morgan fingerprint density at radius 2 is 1.81 bits per heavy atom. The summed E-state index contributed by atoms with van der Waals surface area (Å²) < 4.78 is 5.87. The second-order valence-electron chi connectivity index (χ2n) is 9.70. The molecular weight excluding hydrogens is 390 g/mol. The number of fused-ring (bicyclic) bond motifs is 1. The van der Waals surface area contributed by atoms with E-state index in [9.17, 15) is 9.59 Å². The van der Waals surface area contributed by atoms with Gasteiger partial charge in [-0.25, -0.2) is 0 Å². The SMILES string of the molecule is O=C1C2CCCN2C(=O)C2(CCN(CCCc3ccccc3)CC2)N1CC1CCCO1. The summed E-state index contributed by atoms with van der Waals surface area (Å²) in [5.74, 6) is 0.377. The molecule has 4 heterocycles. The van der Waals surface area contributed by atoms with Crippen LogP contribution in [-0.2, 0) is 20.7 Å². The molecule has 5 rings (SSSR count). The Kier molecular flexibility index (Phi) is 6.02. The molecule has 2 unspecified atom stereocenters. The zero-order chi connectivity index (χ0) is 21.3. The molecule has 4 fully saturated rings. The molecule has 4 aliphatic rings. The van der Waals surface area contributed by atoms with Gasteiger partial charge in [-0.05, 0) is 63.5 Å². The van der Waals surface area contributed by atoms with Crippen molar-refractivity contribution >= 4 is 11.8 Å². The number of carbonyl (C=O) groups is 2. The first kappa shape index (κ1) is 21.0. The molecule has 0 bridgehead atoms. The Labute approximate surface area is 185 Å². The van der Waals surface area contributed by atoms with E-state index in [4.69, 9.17) is 4.74 Å². The molecule has 4 saturated heterocycles. The average Bonchev–Trinajstić information content (AvgIpc) is 3.50. The van der Waals surface area contributed by atoms with E-state index in [0.717, 1.165) is 84.2 Å². The van der Waals surface area contributed by atoms with Gasteiger partial charge in [-0.1, -0.05) is 30.3 Å². The van der Waals surface area contributed by atoms with Gasteiger partial charge in [0.25, 0.3) is 0 Å². The number of hydrogen-bond donors (Lipinski definition) is 0. The molecule has 1 aromatic rings. The van der Waals surface area contributed by atoms with E-state index in [1.54, 1.807) is 0 Å². The third-order valence-electron chi connectivity index (χ3n) is 7.86. The molecule has 1 aromatic carbocycles. The van der Waals surface area contributed by atoms with Gasteiger partial charge in [0.2, 0.25) is 11.8 Å². The largest absolute Gasteiger partial charge is 0.376 e. The van der Waals surface area contributed by atoms with Gasteiger partial charge in [0.05, 0.1) is 6.10 Å². The van der Waals surface area contributed by atoms with Crippen molar-refractivity contribution in [3.05, 3.63) is 35.9 Å². The molecule has 31 heavy (non-hydrogen) atoms. The van der Waals surface area contributed by atoms with Crippen molar-refractivity contribution in [1.82, 2.24) is 14.7 Å². The lowest BCUT2D eigenvalue weighted by Gasteiger charge is -2.54. The first-order chi connectivity index (χ1) is 15.2. The fraction of sp³-hybridized carbons (Fsp3) is 0.680. The van der Waals surface area contributed by atoms with Gasteiger partial charge in [-0.15, -0.1) is 0 Å². The van der Waals surface area contributed by atoms with Crippen LogP contribution in [0.4, 0.5) is 0 Å².